The summed E-state index contributed by atoms with van der Waals surface area (Å²) in [4.78, 5) is 28.9. The third kappa shape index (κ3) is 4.59. The van der Waals surface area contributed by atoms with Gasteiger partial charge in [-0.25, -0.2) is 14.2 Å². The first kappa shape index (κ1) is 18.8. The monoisotopic (exact) mass is 388 g/mol. The van der Waals surface area contributed by atoms with Crippen LogP contribution < -0.4 is 5.32 Å². The van der Waals surface area contributed by atoms with E-state index in [-0.39, 0.29) is 11.9 Å². The normalized spacial score (nSPS) is 11.8. The van der Waals surface area contributed by atoms with Crippen molar-refractivity contribution in [2.45, 2.75) is 19.9 Å². The van der Waals surface area contributed by atoms with Gasteiger partial charge in [0.05, 0.1) is 18.0 Å². The Labute approximate surface area is 159 Å². The number of ether oxygens (including phenoxy) is 1. The van der Waals surface area contributed by atoms with Gasteiger partial charge in [0, 0.05) is 5.56 Å². The molecule has 140 valence electrons. The number of aromatic nitrogens is 1. The van der Waals surface area contributed by atoms with E-state index in [1.54, 1.807) is 38.1 Å². The second-order valence-corrected chi connectivity index (χ2v) is 6.82. The molecule has 0 saturated heterocycles. The summed E-state index contributed by atoms with van der Waals surface area (Å²) in [7, 11) is 0. The van der Waals surface area contributed by atoms with E-state index in [0.29, 0.717) is 26.9 Å². The molecule has 0 saturated carbocycles. The first-order chi connectivity index (χ1) is 12.9. The lowest BCUT2D eigenvalue weighted by molar-refractivity contribution is -0.125. The van der Waals surface area contributed by atoms with Gasteiger partial charge >= 0.3 is 5.97 Å². The Morgan fingerprint density at radius 3 is 2.70 bits per heavy atom. The van der Waals surface area contributed by atoms with Crippen LogP contribution in [0.3, 0.4) is 0 Å². The van der Waals surface area contributed by atoms with Crippen molar-refractivity contribution in [3.8, 4) is 10.6 Å². The highest BCUT2D eigenvalue weighted by Gasteiger charge is 2.19. The van der Waals surface area contributed by atoms with Crippen molar-refractivity contribution < 1.29 is 23.1 Å². The van der Waals surface area contributed by atoms with Gasteiger partial charge in [0.15, 0.2) is 6.61 Å². The van der Waals surface area contributed by atoms with Crippen LogP contribution in [0.2, 0.25) is 0 Å². The van der Waals surface area contributed by atoms with E-state index in [1.165, 1.54) is 18.4 Å². The fourth-order valence-corrected chi connectivity index (χ4v) is 3.36. The molecule has 0 aliphatic heterocycles. The summed E-state index contributed by atoms with van der Waals surface area (Å²) in [5.41, 5.74) is 1.20. The molecule has 1 aromatic carbocycles. The van der Waals surface area contributed by atoms with E-state index in [0.717, 1.165) is 11.3 Å². The standard InChI is InChI=1S/C19H17FN2O4S/c1-11(15-4-3-9-25-15)21-16(23)10-26-19(24)17-12(2)22-18(27-17)13-5-7-14(20)8-6-13/h3-9,11H,10H2,1-2H3,(H,21,23)/t11-/m0/s1. The Bertz CT molecular complexity index is 935. The molecule has 8 heteroatoms. The molecule has 1 atom stereocenters. The van der Waals surface area contributed by atoms with E-state index in [2.05, 4.69) is 10.3 Å². The molecule has 3 rings (SSSR count). The third-order valence-corrected chi connectivity index (χ3v) is 4.94. The number of nitrogens with one attached hydrogen (secondary N) is 1. The number of benzene rings is 1. The lowest BCUT2D eigenvalue weighted by Gasteiger charge is -2.11. The minimum absolute atomic E-state index is 0.307. The first-order valence-corrected chi connectivity index (χ1v) is 8.99. The van der Waals surface area contributed by atoms with E-state index in [1.807, 2.05) is 0 Å². The Kier molecular flexibility index (Phi) is 5.66. The number of aryl methyl sites for hydroxylation is 1. The van der Waals surface area contributed by atoms with Crippen LogP contribution in [0.15, 0.2) is 47.1 Å². The van der Waals surface area contributed by atoms with Gasteiger partial charge < -0.3 is 14.5 Å². The van der Waals surface area contributed by atoms with Crippen LogP contribution in [-0.4, -0.2) is 23.5 Å². The summed E-state index contributed by atoms with van der Waals surface area (Å²) >= 11 is 1.14. The lowest BCUT2D eigenvalue weighted by atomic mass is 10.2. The SMILES string of the molecule is Cc1nc(-c2ccc(F)cc2)sc1C(=O)OCC(=O)N[C@@H](C)c1ccco1. The zero-order chi connectivity index (χ0) is 19.4. The Morgan fingerprint density at radius 1 is 1.30 bits per heavy atom. The molecule has 0 fully saturated rings. The van der Waals surface area contributed by atoms with Crippen molar-refractivity contribution in [2.24, 2.45) is 0 Å². The number of amides is 1. The van der Waals surface area contributed by atoms with Gasteiger partial charge in [-0.2, -0.15) is 0 Å². The summed E-state index contributed by atoms with van der Waals surface area (Å²) < 4.78 is 23.3. The summed E-state index contributed by atoms with van der Waals surface area (Å²) in [6.45, 7) is 3.03. The van der Waals surface area contributed by atoms with Gasteiger partial charge in [0.2, 0.25) is 0 Å². The highest BCUT2D eigenvalue weighted by molar-refractivity contribution is 7.17. The molecule has 0 bridgehead atoms. The van der Waals surface area contributed by atoms with E-state index in [4.69, 9.17) is 9.15 Å². The summed E-state index contributed by atoms with van der Waals surface area (Å²) in [6, 6.07) is 8.97. The van der Waals surface area contributed by atoms with Crippen molar-refractivity contribution in [3.05, 3.63) is 64.8 Å². The number of thiazole rings is 1. The smallest absolute Gasteiger partial charge is 0.350 e. The minimum atomic E-state index is -0.626. The maximum atomic E-state index is 13.0. The van der Waals surface area contributed by atoms with Gasteiger partial charge in [-0.05, 0) is 50.2 Å². The molecular formula is C19H17FN2O4S. The largest absolute Gasteiger partial charge is 0.467 e. The number of furan rings is 1. The molecule has 1 N–H and O–H groups in total. The highest BCUT2D eigenvalue weighted by Crippen LogP contribution is 2.28. The number of esters is 1. The summed E-state index contributed by atoms with van der Waals surface area (Å²) in [5, 5.41) is 3.26. The van der Waals surface area contributed by atoms with Gasteiger partial charge in [-0.3, -0.25) is 4.79 Å². The van der Waals surface area contributed by atoms with Gasteiger partial charge in [-0.15, -0.1) is 11.3 Å². The molecule has 2 aromatic heterocycles. The quantitative estimate of drug-likeness (QED) is 0.648. The van der Waals surface area contributed by atoms with Crippen LogP contribution in [0.1, 0.15) is 34.1 Å². The first-order valence-electron chi connectivity index (χ1n) is 8.17. The molecule has 0 unspecified atom stereocenters. The van der Waals surface area contributed by atoms with Gasteiger partial charge in [-0.1, -0.05) is 0 Å². The number of halogens is 1. The third-order valence-electron chi connectivity index (χ3n) is 3.75. The molecule has 0 spiro atoms. The van der Waals surface area contributed by atoms with E-state index >= 15 is 0 Å². The van der Waals surface area contributed by atoms with Crippen LogP contribution in [0.25, 0.3) is 10.6 Å². The molecule has 0 aliphatic rings. The highest BCUT2D eigenvalue weighted by atomic mass is 32.1. The number of hydrogen-bond acceptors (Lipinski definition) is 6. The number of carbonyl (C=O) groups is 2. The van der Waals surface area contributed by atoms with Gasteiger partial charge in [0.25, 0.3) is 5.91 Å². The summed E-state index contributed by atoms with van der Waals surface area (Å²) in [5.74, 6) is -0.800. The second kappa shape index (κ2) is 8.13. The summed E-state index contributed by atoms with van der Waals surface area (Å²) in [6.07, 6.45) is 1.52. The molecular weight excluding hydrogens is 371 g/mol. The number of hydrogen-bond donors (Lipinski definition) is 1. The maximum Gasteiger partial charge on any atom is 0.350 e. The lowest BCUT2D eigenvalue weighted by Crippen LogP contribution is -2.30. The Morgan fingerprint density at radius 2 is 2.04 bits per heavy atom. The van der Waals surface area contributed by atoms with Crippen molar-refractivity contribution in [3.63, 3.8) is 0 Å². The Balaban J connectivity index is 1.59. The topological polar surface area (TPSA) is 81.4 Å². The van der Waals surface area contributed by atoms with Crippen molar-refractivity contribution in [1.29, 1.82) is 0 Å². The minimum Gasteiger partial charge on any atom is -0.467 e. The van der Waals surface area contributed by atoms with Crippen LogP contribution >= 0.6 is 11.3 Å². The average molecular weight is 388 g/mol. The van der Waals surface area contributed by atoms with E-state index < -0.39 is 18.5 Å². The number of nitrogens with zero attached hydrogens (tertiary/aromatic N) is 1. The molecule has 0 aliphatic carbocycles. The van der Waals surface area contributed by atoms with Crippen molar-refractivity contribution in [2.75, 3.05) is 6.61 Å². The van der Waals surface area contributed by atoms with Crippen LogP contribution in [0.5, 0.6) is 0 Å². The van der Waals surface area contributed by atoms with Crippen molar-refractivity contribution >= 4 is 23.2 Å². The van der Waals surface area contributed by atoms with Crippen LogP contribution in [-0.2, 0) is 9.53 Å². The zero-order valence-corrected chi connectivity index (χ0v) is 15.5. The fourth-order valence-electron chi connectivity index (χ4n) is 2.39. The molecule has 1 amide bonds. The zero-order valence-electron chi connectivity index (χ0n) is 14.7. The molecule has 0 radical (unpaired) electrons. The van der Waals surface area contributed by atoms with E-state index in [9.17, 15) is 14.0 Å². The fraction of sp³-hybridized carbons (Fsp3) is 0.211. The van der Waals surface area contributed by atoms with Crippen LogP contribution in [0, 0.1) is 12.7 Å². The van der Waals surface area contributed by atoms with Gasteiger partial charge in [0.1, 0.15) is 21.5 Å². The molecule has 2 heterocycles. The van der Waals surface area contributed by atoms with Crippen LogP contribution in [0.4, 0.5) is 4.39 Å². The predicted octanol–water partition coefficient (Wildman–Crippen LogP) is 3.88. The predicted molar refractivity (Wildman–Crippen MR) is 97.8 cm³/mol. The maximum absolute atomic E-state index is 13.0. The molecule has 3 aromatic rings. The number of rotatable bonds is 6. The second-order valence-electron chi connectivity index (χ2n) is 5.82. The average Bonchev–Trinajstić information content (AvgIpc) is 3.30. The molecule has 27 heavy (non-hydrogen) atoms. The van der Waals surface area contributed by atoms with Crippen molar-refractivity contribution in [1.82, 2.24) is 10.3 Å². The molecule has 6 nitrogen and oxygen atoms in total. The Hall–Kier alpha value is -3.00. The number of carbonyl (C=O) groups excluding carboxylic acids is 2.